The Bertz CT molecular complexity index is 340. The first-order valence-corrected chi connectivity index (χ1v) is 5.67. The molecule has 0 aliphatic carbocycles. The Kier molecular flexibility index (Phi) is 4.03. The summed E-state index contributed by atoms with van der Waals surface area (Å²) in [6, 6.07) is 4.40. The van der Waals surface area contributed by atoms with Crippen LogP contribution in [-0.2, 0) is 0 Å². The van der Waals surface area contributed by atoms with E-state index in [9.17, 15) is 0 Å². The van der Waals surface area contributed by atoms with Gasteiger partial charge in [-0.1, -0.05) is 17.7 Å². The molecular formula is C12H15NS. The van der Waals surface area contributed by atoms with Gasteiger partial charge in [0, 0.05) is 4.90 Å². The third-order valence-corrected chi connectivity index (χ3v) is 3.37. The van der Waals surface area contributed by atoms with Crippen molar-refractivity contribution < 1.29 is 0 Å². The first-order valence-electron chi connectivity index (χ1n) is 4.69. The van der Waals surface area contributed by atoms with Gasteiger partial charge in [-0.2, -0.15) is 0 Å². The highest BCUT2D eigenvalue weighted by Crippen LogP contribution is 2.27. The smallest absolute Gasteiger partial charge is 0.223 e. The molecular weight excluding hydrogens is 190 g/mol. The predicted octanol–water partition coefficient (Wildman–Crippen LogP) is 3.62. The zero-order chi connectivity index (χ0) is 10.6. The highest BCUT2D eigenvalue weighted by molar-refractivity contribution is 7.99. The summed E-state index contributed by atoms with van der Waals surface area (Å²) in [4.78, 5) is 4.70. The van der Waals surface area contributed by atoms with E-state index in [1.807, 2.05) is 0 Å². The second kappa shape index (κ2) is 5.07. The summed E-state index contributed by atoms with van der Waals surface area (Å²) in [5.41, 5.74) is 3.98. The molecule has 1 rings (SSSR count). The molecule has 0 atom stereocenters. The lowest BCUT2D eigenvalue weighted by atomic mass is 10.1. The van der Waals surface area contributed by atoms with Crippen LogP contribution in [0.4, 0.5) is 0 Å². The molecule has 0 unspecified atom stereocenters. The van der Waals surface area contributed by atoms with E-state index < -0.39 is 0 Å². The van der Waals surface area contributed by atoms with E-state index >= 15 is 0 Å². The van der Waals surface area contributed by atoms with Crippen molar-refractivity contribution in [3.8, 4) is 0 Å². The normalized spacial score (nSPS) is 9.86. The highest BCUT2D eigenvalue weighted by Gasteiger charge is 2.04. The molecule has 0 spiro atoms. The second-order valence-corrected chi connectivity index (χ2v) is 4.56. The van der Waals surface area contributed by atoms with E-state index in [1.165, 1.54) is 21.6 Å². The van der Waals surface area contributed by atoms with Crippen LogP contribution in [0, 0.1) is 27.3 Å². The van der Waals surface area contributed by atoms with E-state index in [1.54, 1.807) is 11.8 Å². The minimum atomic E-state index is 0.609. The molecule has 1 nitrogen and oxygen atoms in total. The molecule has 14 heavy (non-hydrogen) atoms. The quantitative estimate of drug-likeness (QED) is 0.414. The fourth-order valence-electron chi connectivity index (χ4n) is 1.59. The standard InChI is InChI=1S/C12H15NS/c1-9-7-10(2)12(11(3)8-9)14-6-5-13-4/h7-8H,5-6H2,1-3H3. The minimum Gasteiger partial charge on any atom is -0.316 e. The molecule has 0 fully saturated rings. The Hall–Kier alpha value is -0.940. The van der Waals surface area contributed by atoms with Crippen LogP contribution < -0.4 is 0 Å². The molecule has 0 heterocycles. The number of thioether (sulfide) groups is 1. The maximum absolute atomic E-state index is 6.72. The van der Waals surface area contributed by atoms with Crippen molar-refractivity contribution in [2.24, 2.45) is 0 Å². The van der Waals surface area contributed by atoms with Gasteiger partial charge in [0.1, 0.15) is 0 Å². The first-order chi connectivity index (χ1) is 6.65. The van der Waals surface area contributed by atoms with Gasteiger partial charge in [-0.25, -0.2) is 6.57 Å². The van der Waals surface area contributed by atoms with E-state index in [0.717, 1.165) is 5.75 Å². The van der Waals surface area contributed by atoms with Crippen LogP contribution in [0.15, 0.2) is 17.0 Å². The molecule has 0 N–H and O–H groups in total. The highest BCUT2D eigenvalue weighted by atomic mass is 32.2. The summed E-state index contributed by atoms with van der Waals surface area (Å²) < 4.78 is 0. The summed E-state index contributed by atoms with van der Waals surface area (Å²) in [6.45, 7) is 13.7. The SMILES string of the molecule is [C-]#[N+]CCSc1c(C)cc(C)cc1C. The molecule has 0 aliphatic heterocycles. The third-order valence-electron chi connectivity index (χ3n) is 2.05. The molecule has 1 aromatic rings. The minimum absolute atomic E-state index is 0.609. The van der Waals surface area contributed by atoms with Crippen molar-refractivity contribution in [1.29, 1.82) is 0 Å². The number of hydrogen-bond donors (Lipinski definition) is 0. The molecule has 74 valence electrons. The molecule has 0 amide bonds. The van der Waals surface area contributed by atoms with Crippen molar-refractivity contribution in [1.82, 2.24) is 0 Å². The summed E-state index contributed by atoms with van der Waals surface area (Å²) in [7, 11) is 0. The molecule has 0 saturated heterocycles. The fourth-order valence-corrected chi connectivity index (χ4v) is 2.55. The number of hydrogen-bond acceptors (Lipinski definition) is 1. The average molecular weight is 205 g/mol. The maximum atomic E-state index is 6.72. The summed E-state index contributed by atoms with van der Waals surface area (Å²) in [5.74, 6) is 0.897. The number of rotatable bonds is 3. The summed E-state index contributed by atoms with van der Waals surface area (Å²) in [6.07, 6.45) is 0. The van der Waals surface area contributed by atoms with Gasteiger partial charge in [0.2, 0.25) is 6.54 Å². The monoisotopic (exact) mass is 205 g/mol. The lowest BCUT2D eigenvalue weighted by Gasteiger charge is -2.08. The van der Waals surface area contributed by atoms with E-state index in [-0.39, 0.29) is 0 Å². The van der Waals surface area contributed by atoms with Crippen LogP contribution in [0.2, 0.25) is 0 Å². The van der Waals surface area contributed by atoms with E-state index in [4.69, 9.17) is 6.57 Å². The van der Waals surface area contributed by atoms with Gasteiger partial charge in [-0.3, -0.25) is 0 Å². The Morgan fingerprint density at radius 2 is 1.79 bits per heavy atom. The Balaban J connectivity index is 2.81. The van der Waals surface area contributed by atoms with Crippen molar-refractivity contribution in [2.75, 3.05) is 12.3 Å². The third kappa shape index (κ3) is 2.78. The Labute approximate surface area is 90.3 Å². The Morgan fingerprint density at radius 1 is 1.21 bits per heavy atom. The Morgan fingerprint density at radius 3 is 2.29 bits per heavy atom. The van der Waals surface area contributed by atoms with Gasteiger partial charge in [0.25, 0.3) is 0 Å². The van der Waals surface area contributed by atoms with Gasteiger partial charge in [0.15, 0.2) is 0 Å². The van der Waals surface area contributed by atoms with Gasteiger partial charge >= 0.3 is 0 Å². The maximum Gasteiger partial charge on any atom is 0.223 e. The van der Waals surface area contributed by atoms with Crippen LogP contribution in [0.25, 0.3) is 4.85 Å². The van der Waals surface area contributed by atoms with Gasteiger partial charge in [-0.05, 0) is 31.9 Å². The van der Waals surface area contributed by atoms with Crippen molar-refractivity contribution >= 4 is 11.8 Å². The zero-order valence-corrected chi connectivity index (χ0v) is 9.74. The van der Waals surface area contributed by atoms with Gasteiger partial charge in [0.05, 0.1) is 5.75 Å². The molecule has 0 aromatic heterocycles. The van der Waals surface area contributed by atoms with Crippen molar-refractivity contribution in [2.45, 2.75) is 25.7 Å². The van der Waals surface area contributed by atoms with Crippen LogP contribution in [-0.4, -0.2) is 12.3 Å². The largest absolute Gasteiger partial charge is 0.316 e. The lowest BCUT2D eigenvalue weighted by molar-refractivity contribution is 1.18. The topological polar surface area (TPSA) is 4.36 Å². The molecule has 0 saturated carbocycles. The van der Waals surface area contributed by atoms with E-state index in [2.05, 4.69) is 37.7 Å². The molecule has 0 bridgehead atoms. The molecule has 2 heteroatoms. The van der Waals surface area contributed by atoms with Crippen LogP contribution in [0.1, 0.15) is 16.7 Å². The van der Waals surface area contributed by atoms with Crippen LogP contribution >= 0.6 is 11.8 Å². The molecule has 0 radical (unpaired) electrons. The number of aryl methyl sites for hydroxylation is 3. The average Bonchev–Trinajstić information content (AvgIpc) is 2.09. The van der Waals surface area contributed by atoms with Crippen LogP contribution in [0.3, 0.4) is 0 Å². The lowest BCUT2D eigenvalue weighted by Crippen LogP contribution is -1.90. The zero-order valence-electron chi connectivity index (χ0n) is 8.92. The van der Waals surface area contributed by atoms with Crippen LogP contribution in [0.5, 0.6) is 0 Å². The first kappa shape index (κ1) is 11.1. The van der Waals surface area contributed by atoms with Crippen molar-refractivity contribution in [3.63, 3.8) is 0 Å². The summed E-state index contributed by atoms with van der Waals surface area (Å²) in [5, 5.41) is 0. The van der Waals surface area contributed by atoms with E-state index in [0.29, 0.717) is 6.54 Å². The number of nitrogens with zero attached hydrogens (tertiary/aromatic N) is 1. The van der Waals surface area contributed by atoms with Gasteiger partial charge < -0.3 is 4.85 Å². The van der Waals surface area contributed by atoms with Gasteiger partial charge in [-0.15, -0.1) is 11.8 Å². The second-order valence-electron chi connectivity index (χ2n) is 3.46. The van der Waals surface area contributed by atoms with Crippen molar-refractivity contribution in [3.05, 3.63) is 40.2 Å². The predicted molar refractivity (Wildman–Crippen MR) is 62.8 cm³/mol. The fraction of sp³-hybridized carbons (Fsp3) is 0.417. The summed E-state index contributed by atoms with van der Waals surface area (Å²) >= 11 is 1.79. The molecule has 0 aliphatic rings. The number of benzene rings is 1. The molecule has 1 aromatic carbocycles.